The first-order valence-corrected chi connectivity index (χ1v) is 5.00. The van der Waals surface area contributed by atoms with Gasteiger partial charge in [0.1, 0.15) is 5.82 Å². The third kappa shape index (κ3) is 1.79. The van der Waals surface area contributed by atoms with Crippen molar-refractivity contribution in [2.45, 2.75) is 12.5 Å². The highest BCUT2D eigenvalue weighted by molar-refractivity contribution is 5.21. The van der Waals surface area contributed by atoms with Gasteiger partial charge in [0, 0.05) is 6.04 Å². The molecular formula is C11H15FN2. The lowest BCUT2D eigenvalue weighted by atomic mass is 9.94. The van der Waals surface area contributed by atoms with E-state index in [1.54, 1.807) is 0 Å². The summed E-state index contributed by atoms with van der Waals surface area (Å²) in [5.41, 5.74) is 6.82. The average Bonchev–Trinajstić information content (AvgIpc) is 2.67. The Morgan fingerprint density at radius 1 is 1.36 bits per heavy atom. The molecule has 2 rings (SSSR count). The number of nitrogens with two attached hydrogens (primary N) is 1. The van der Waals surface area contributed by atoms with Gasteiger partial charge in [-0.2, -0.15) is 0 Å². The summed E-state index contributed by atoms with van der Waals surface area (Å²) in [6.45, 7) is 1.69. The van der Waals surface area contributed by atoms with E-state index in [0.29, 0.717) is 18.5 Å². The van der Waals surface area contributed by atoms with Crippen molar-refractivity contribution < 1.29 is 4.39 Å². The number of halogens is 1. The molecule has 0 radical (unpaired) electrons. The van der Waals surface area contributed by atoms with E-state index in [9.17, 15) is 4.39 Å². The second-order valence-electron chi connectivity index (χ2n) is 3.77. The Kier molecular flexibility index (Phi) is 2.79. The molecule has 1 fully saturated rings. The first-order chi connectivity index (χ1) is 6.81. The van der Waals surface area contributed by atoms with Crippen molar-refractivity contribution in [3.63, 3.8) is 0 Å². The molecule has 0 aromatic heterocycles. The smallest absolute Gasteiger partial charge is 0.123 e. The highest BCUT2D eigenvalue weighted by atomic mass is 19.1. The molecule has 0 aliphatic carbocycles. The van der Waals surface area contributed by atoms with Crippen LogP contribution < -0.4 is 11.1 Å². The van der Waals surface area contributed by atoms with Crippen molar-refractivity contribution in [2.24, 2.45) is 11.7 Å². The second kappa shape index (κ2) is 4.07. The summed E-state index contributed by atoms with van der Waals surface area (Å²) in [4.78, 5) is 0. The van der Waals surface area contributed by atoms with Crippen molar-refractivity contribution in [3.05, 3.63) is 35.6 Å². The summed E-state index contributed by atoms with van der Waals surface area (Å²) in [5.74, 6) is 0.302. The van der Waals surface area contributed by atoms with Gasteiger partial charge in [-0.1, -0.05) is 12.1 Å². The Balaban J connectivity index is 2.17. The molecule has 76 valence electrons. The standard InChI is InChI=1S/C11H15FN2/c12-10-3-1-8(2-4-10)11-9(7-13)5-6-14-11/h1-4,9,11,14H,5-7,13H2. The largest absolute Gasteiger partial charge is 0.330 e. The van der Waals surface area contributed by atoms with Gasteiger partial charge in [0.15, 0.2) is 0 Å². The van der Waals surface area contributed by atoms with E-state index < -0.39 is 0 Å². The Labute approximate surface area is 83.3 Å². The summed E-state index contributed by atoms with van der Waals surface area (Å²) in [6, 6.07) is 6.98. The van der Waals surface area contributed by atoms with Crippen LogP contribution in [0.1, 0.15) is 18.0 Å². The molecule has 3 N–H and O–H groups in total. The molecule has 0 amide bonds. The van der Waals surface area contributed by atoms with Gasteiger partial charge in [0.2, 0.25) is 0 Å². The molecule has 2 nitrogen and oxygen atoms in total. The second-order valence-corrected chi connectivity index (χ2v) is 3.77. The molecule has 1 aromatic rings. The van der Waals surface area contributed by atoms with Gasteiger partial charge in [0.25, 0.3) is 0 Å². The number of nitrogens with one attached hydrogen (secondary N) is 1. The minimum absolute atomic E-state index is 0.184. The lowest BCUT2D eigenvalue weighted by molar-refractivity contribution is 0.472. The minimum atomic E-state index is -0.184. The van der Waals surface area contributed by atoms with Crippen molar-refractivity contribution in [2.75, 3.05) is 13.1 Å². The van der Waals surface area contributed by atoms with Gasteiger partial charge in [0.05, 0.1) is 0 Å². The monoisotopic (exact) mass is 194 g/mol. The molecule has 0 spiro atoms. The van der Waals surface area contributed by atoms with Gasteiger partial charge >= 0.3 is 0 Å². The maximum Gasteiger partial charge on any atom is 0.123 e. The molecule has 0 bridgehead atoms. The summed E-state index contributed by atoms with van der Waals surface area (Å²) < 4.78 is 12.7. The van der Waals surface area contributed by atoms with Crippen molar-refractivity contribution in [1.82, 2.24) is 5.32 Å². The summed E-state index contributed by atoms with van der Waals surface area (Å²) in [5, 5.41) is 3.39. The van der Waals surface area contributed by atoms with E-state index in [1.165, 1.54) is 12.1 Å². The highest BCUT2D eigenvalue weighted by Gasteiger charge is 2.26. The third-order valence-corrected chi connectivity index (χ3v) is 2.88. The number of rotatable bonds is 2. The van der Waals surface area contributed by atoms with Crippen LogP contribution >= 0.6 is 0 Å². The van der Waals surface area contributed by atoms with Gasteiger partial charge in [-0.3, -0.25) is 0 Å². The van der Waals surface area contributed by atoms with Gasteiger partial charge in [-0.15, -0.1) is 0 Å². The molecule has 1 heterocycles. The lowest BCUT2D eigenvalue weighted by Gasteiger charge is -2.18. The molecule has 1 aromatic carbocycles. The van der Waals surface area contributed by atoms with Crippen molar-refractivity contribution in [1.29, 1.82) is 0 Å². The molecular weight excluding hydrogens is 179 g/mol. The third-order valence-electron chi connectivity index (χ3n) is 2.88. The Morgan fingerprint density at radius 2 is 2.07 bits per heavy atom. The molecule has 2 unspecified atom stereocenters. The van der Waals surface area contributed by atoms with Crippen LogP contribution in [0.3, 0.4) is 0 Å². The quantitative estimate of drug-likeness (QED) is 0.747. The van der Waals surface area contributed by atoms with E-state index >= 15 is 0 Å². The highest BCUT2D eigenvalue weighted by Crippen LogP contribution is 2.28. The van der Waals surface area contributed by atoms with Gasteiger partial charge < -0.3 is 11.1 Å². The fourth-order valence-electron chi connectivity index (χ4n) is 2.07. The predicted molar refractivity (Wildman–Crippen MR) is 54.3 cm³/mol. The Morgan fingerprint density at radius 3 is 2.71 bits per heavy atom. The number of hydrogen-bond acceptors (Lipinski definition) is 2. The zero-order valence-corrected chi connectivity index (χ0v) is 8.04. The molecule has 1 saturated heterocycles. The molecule has 0 saturated carbocycles. The van der Waals surface area contributed by atoms with Crippen LogP contribution in [-0.2, 0) is 0 Å². The maximum atomic E-state index is 12.7. The summed E-state index contributed by atoms with van der Waals surface area (Å²) in [6.07, 6.45) is 1.11. The molecule has 2 atom stereocenters. The first kappa shape index (κ1) is 9.62. The Hall–Kier alpha value is -0.930. The number of benzene rings is 1. The van der Waals surface area contributed by atoms with Gasteiger partial charge in [-0.25, -0.2) is 4.39 Å². The van der Waals surface area contributed by atoms with Crippen LogP contribution in [-0.4, -0.2) is 13.1 Å². The summed E-state index contributed by atoms with van der Waals surface area (Å²) >= 11 is 0. The molecule has 1 aliphatic rings. The van der Waals surface area contributed by atoms with Crippen LogP contribution in [0.2, 0.25) is 0 Å². The van der Waals surface area contributed by atoms with Crippen LogP contribution in [0.5, 0.6) is 0 Å². The van der Waals surface area contributed by atoms with E-state index in [-0.39, 0.29) is 5.82 Å². The van der Waals surface area contributed by atoms with E-state index in [0.717, 1.165) is 18.5 Å². The normalized spacial score (nSPS) is 26.7. The zero-order valence-electron chi connectivity index (χ0n) is 8.04. The SMILES string of the molecule is NCC1CCNC1c1ccc(F)cc1. The fraction of sp³-hybridized carbons (Fsp3) is 0.455. The Bertz CT molecular complexity index is 297. The summed E-state index contributed by atoms with van der Waals surface area (Å²) in [7, 11) is 0. The minimum Gasteiger partial charge on any atom is -0.330 e. The van der Waals surface area contributed by atoms with Crippen molar-refractivity contribution in [3.8, 4) is 0 Å². The molecule has 14 heavy (non-hydrogen) atoms. The average molecular weight is 194 g/mol. The van der Waals surface area contributed by atoms with Crippen LogP contribution in [0.15, 0.2) is 24.3 Å². The van der Waals surface area contributed by atoms with Crippen LogP contribution in [0, 0.1) is 11.7 Å². The topological polar surface area (TPSA) is 38.0 Å². The van der Waals surface area contributed by atoms with E-state index in [1.807, 2.05) is 12.1 Å². The van der Waals surface area contributed by atoms with Crippen molar-refractivity contribution >= 4 is 0 Å². The van der Waals surface area contributed by atoms with Crippen LogP contribution in [0.25, 0.3) is 0 Å². The van der Waals surface area contributed by atoms with E-state index in [2.05, 4.69) is 5.32 Å². The first-order valence-electron chi connectivity index (χ1n) is 5.00. The lowest BCUT2D eigenvalue weighted by Crippen LogP contribution is -2.23. The molecule has 1 aliphatic heterocycles. The van der Waals surface area contributed by atoms with E-state index in [4.69, 9.17) is 5.73 Å². The van der Waals surface area contributed by atoms with Gasteiger partial charge in [-0.05, 0) is 43.1 Å². The zero-order chi connectivity index (χ0) is 9.97. The fourth-order valence-corrected chi connectivity index (χ4v) is 2.07. The predicted octanol–water partition coefficient (Wildman–Crippen LogP) is 1.44. The van der Waals surface area contributed by atoms with Crippen LogP contribution in [0.4, 0.5) is 4.39 Å². The molecule has 3 heteroatoms. The maximum absolute atomic E-state index is 12.7. The number of hydrogen-bond donors (Lipinski definition) is 2.